The highest BCUT2D eigenvalue weighted by molar-refractivity contribution is 5.67. The van der Waals surface area contributed by atoms with Crippen LogP contribution in [0.4, 0.5) is 0 Å². The Hall–Kier alpha value is -1.26. The van der Waals surface area contributed by atoms with Crippen molar-refractivity contribution in [3.8, 4) is 0 Å². The first-order valence-electron chi connectivity index (χ1n) is 9.02. The molecule has 1 aliphatic heterocycles. The van der Waals surface area contributed by atoms with Gasteiger partial charge in [0.2, 0.25) is 0 Å². The van der Waals surface area contributed by atoms with Gasteiger partial charge in [-0.3, -0.25) is 19.4 Å². The fourth-order valence-corrected chi connectivity index (χ4v) is 2.85. The SMILES string of the molecule is NCCN(CCC(=O)O)CCN1CCN(CCNCCC(=O)O)CC1. The number of nitrogens with one attached hydrogen (secondary N) is 1. The second-order valence-electron chi connectivity index (χ2n) is 6.35. The topological polar surface area (TPSA) is 122 Å². The Morgan fingerprint density at radius 1 is 0.880 bits per heavy atom. The monoisotopic (exact) mass is 359 g/mol. The van der Waals surface area contributed by atoms with Gasteiger partial charge < -0.3 is 26.2 Å². The first kappa shape index (κ1) is 21.8. The molecular formula is C16H33N5O4. The molecule has 1 fully saturated rings. The molecule has 1 heterocycles. The van der Waals surface area contributed by atoms with E-state index in [2.05, 4.69) is 20.0 Å². The maximum atomic E-state index is 10.7. The number of piperazine rings is 1. The lowest BCUT2D eigenvalue weighted by atomic mass is 10.3. The van der Waals surface area contributed by atoms with Crippen LogP contribution in [0.5, 0.6) is 0 Å². The average molecular weight is 359 g/mol. The number of carboxylic acid groups (broad SMARTS) is 2. The summed E-state index contributed by atoms with van der Waals surface area (Å²) in [7, 11) is 0. The predicted octanol–water partition coefficient (Wildman–Crippen LogP) is -1.60. The van der Waals surface area contributed by atoms with Gasteiger partial charge in [0.25, 0.3) is 0 Å². The standard InChI is InChI=1S/C16H33N5O4/c17-3-7-19(6-2-16(24)25)9-12-21-13-10-20(11-14-21)8-5-18-4-1-15(22)23/h18H,1-14,17H2,(H,22,23)(H,24,25). The Balaban J connectivity index is 2.12. The average Bonchev–Trinajstić information content (AvgIpc) is 2.57. The van der Waals surface area contributed by atoms with Crippen LogP contribution >= 0.6 is 0 Å². The summed E-state index contributed by atoms with van der Waals surface area (Å²) in [6.07, 6.45) is 0.317. The van der Waals surface area contributed by atoms with E-state index in [-0.39, 0.29) is 12.8 Å². The molecule has 9 heteroatoms. The van der Waals surface area contributed by atoms with Crippen molar-refractivity contribution in [2.45, 2.75) is 12.8 Å². The third kappa shape index (κ3) is 11.1. The molecular weight excluding hydrogens is 326 g/mol. The molecule has 0 amide bonds. The lowest BCUT2D eigenvalue weighted by Crippen LogP contribution is -2.50. The smallest absolute Gasteiger partial charge is 0.304 e. The number of hydrogen-bond donors (Lipinski definition) is 4. The van der Waals surface area contributed by atoms with E-state index in [9.17, 15) is 9.59 Å². The second-order valence-corrected chi connectivity index (χ2v) is 6.35. The number of nitrogens with zero attached hydrogens (tertiary/aromatic N) is 3. The van der Waals surface area contributed by atoms with Crippen LogP contribution in [-0.4, -0.2) is 115 Å². The van der Waals surface area contributed by atoms with Crippen molar-refractivity contribution >= 4 is 11.9 Å². The summed E-state index contributed by atoms with van der Waals surface area (Å²) in [6, 6.07) is 0. The van der Waals surface area contributed by atoms with Crippen molar-refractivity contribution < 1.29 is 19.8 Å². The van der Waals surface area contributed by atoms with Crippen molar-refractivity contribution in [2.24, 2.45) is 5.73 Å². The van der Waals surface area contributed by atoms with Crippen LogP contribution < -0.4 is 11.1 Å². The zero-order valence-corrected chi connectivity index (χ0v) is 15.0. The van der Waals surface area contributed by atoms with Crippen LogP contribution in [0.15, 0.2) is 0 Å². The van der Waals surface area contributed by atoms with E-state index in [1.54, 1.807) is 0 Å². The van der Waals surface area contributed by atoms with Gasteiger partial charge in [0, 0.05) is 78.5 Å². The van der Waals surface area contributed by atoms with Crippen LogP contribution in [0.2, 0.25) is 0 Å². The molecule has 5 N–H and O–H groups in total. The molecule has 0 spiro atoms. The summed E-state index contributed by atoms with van der Waals surface area (Å²) in [4.78, 5) is 28.0. The summed E-state index contributed by atoms with van der Waals surface area (Å²) in [5, 5.41) is 20.5. The lowest BCUT2D eigenvalue weighted by molar-refractivity contribution is -0.138. The molecule has 146 valence electrons. The van der Waals surface area contributed by atoms with E-state index < -0.39 is 11.9 Å². The van der Waals surface area contributed by atoms with Crippen molar-refractivity contribution in [3.05, 3.63) is 0 Å². The zero-order valence-electron chi connectivity index (χ0n) is 15.0. The summed E-state index contributed by atoms with van der Waals surface area (Å²) in [6.45, 7) is 9.90. The Bertz CT molecular complexity index is 389. The minimum atomic E-state index is -0.771. The molecule has 25 heavy (non-hydrogen) atoms. The van der Waals surface area contributed by atoms with E-state index in [1.807, 2.05) is 0 Å². The van der Waals surface area contributed by atoms with Crippen LogP contribution in [0.1, 0.15) is 12.8 Å². The van der Waals surface area contributed by atoms with Crippen molar-refractivity contribution in [1.29, 1.82) is 0 Å². The van der Waals surface area contributed by atoms with Gasteiger partial charge in [0.1, 0.15) is 0 Å². The fourth-order valence-electron chi connectivity index (χ4n) is 2.85. The molecule has 0 aromatic rings. The molecule has 1 aliphatic rings. The largest absolute Gasteiger partial charge is 0.481 e. The maximum absolute atomic E-state index is 10.7. The van der Waals surface area contributed by atoms with Gasteiger partial charge in [-0.1, -0.05) is 0 Å². The van der Waals surface area contributed by atoms with Crippen LogP contribution in [0.3, 0.4) is 0 Å². The molecule has 0 aromatic carbocycles. The summed E-state index contributed by atoms with van der Waals surface area (Å²) in [5.74, 6) is -1.54. The molecule has 9 nitrogen and oxygen atoms in total. The second kappa shape index (κ2) is 13.0. The Labute approximate surface area is 149 Å². The molecule has 1 saturated heterocycles. The van der Waals surface area contributed by atoms with Crippen molar-refractivity contribution in [1.82, 2.24) is 20.0 Å². The first-order chi connectivity index (χ1) is 12.0. The van der Waals surface area contributed by atoms with E-state index in [0.717, 1.165) is 58.9 Å². The van der Waals surface area contributed by atoms with Gasteiger partial charge in [-0.2, -0.15) is 0 Å². The van der Waals surface area contributed by atoms with Crippen LogP contribution in [0, 0.1) is 0 Å². The number of carbonyl (C=O) groups is 2. The third-order valence-electron chi connectivity index (χ3n) is 4.41. The molecule has 0 aliphatic carbocycles. The zero-order chi connectivity index (χ0) is 18.5. The van der Waals surface area contributed by atoms with Gasteiger partial charge >= 0.3 is 11.9 Å². The number of nitrogens with two attached hydrogens (primary N) is 1. The predicted molar refractivity (Wildman–Crippen MR) is 95.7 cm³/mol. The molecule has 0 aromatic heterocycles. The first-order valence-corrected chi connectivity index (χ1v) is 9.02. The molecule has 0 atom stereocenters. The van der Waals surface area contributed by atoms with Crippen LogP contribution in [-0.2, 0) is 9.59 Å². The third-order valence-corrected chi connectivity index (χ3v) is 4.41. The molecule has 0 bridgehead atoms. The highest BCUT2D eigenvalue weighted by Gasteiger charge is 2.17. The minimum Gasteiger partial charge on any atom is -0.481 e. The number of aliphatic carboxylic acids is 2. The van der Waals surface area contributed by atoms with E-state index in [0.29, 0.717) is 19.6 Å². The van der Waals surface area contributed by atoms with E-state index in [1.165, 1.54) is 0 Å². The van der Waals surface area contributed by atoms with Gasteiger partial charge in [-0.15, -0.1) is 0 Å². The van der Waals surface area contributed by atoms with E-state index >= 15 is 0 Å². The molecule has 0 radical (unpaired) electrons. The Morgan fingerprint density at radius 2 is 1.48 bits per heavy atom. The lowest BCUT2D eigenvalue weighted by Gasteiger charge is -2.35. The normalized spacial score (nSPS) is 16.4. The number of hydrogen-bond acceptors (Lipinski definition) is 7. The van der Waals surface area contributed by atoms with Gasteiger partial charge in [-0.25, -0.2) is 0 Å². The van der Waals surface area contributed by atoms with Crippen molar-refractivity contribution in [3.63, 3.8) is 0 Å². The van der Waals surface area contributed by atoms with E-state index in [4.69, 9.17) is 15.9 Å². The number of rotatable bonds is 14. The fraction of sp³-hybridized carbons (Fsp3) is 0.875. The van der Waals surface area contributed by atoms with Crippen LogP contribution in [0.25, 0.3) is 0 Å². The molecule has 1 rings (SSSR count). The highest BCUT2D eigenvalue weighted by atomic mass is 16.4. The highest BCUT2D eigenvalue weighted by Crippen LogP contribution is 2.02. The molecule has 0 saturated carbocycles. The summed E-state index contributed by atoms with van der Waals surface area (Å²) >= 11 is 0. The molecule has 0 unspecified atom stereocenters. The van der Waals surface area contributed by atoms with Gasteiger partial charge in [-0.05, 0) is 0 Å². The summed E-state index contributed by atoms with van der Waals surface area (Å²) < 4.78 is 0. The van der Waals surface area contributed by atoms with Crippen molar-refractivity contribution in [2.75, 3.05) is 78.5 Å². The Morgan fingerprint density at radius 3 is 2.04 bits per heavy atom. The minimum absolute atomic E-state index is 0.155. The van der Waals surface area contributed by atoms with Gasteiger partial charge in [0.15, 0.2) is 0 Å². The summed E-state index contributed by atoms with van der Waals surface area (Å²) in [5.41, 5.74) is 5.60. The Kier molecular flexibility index (Phi) is 11.3. The quantitative estimate of drug-likeness (QED) is 0.272. The maximum Gasteiger partial charge on any atom is 0.304 e. The van der Waals surface area contributed by atoms with Gasteiger partial charge in [0.05, 0.1) is 12.8 Å². The number of carboxylic acids is 2.